The van der Waals surface area contributed by atoms with Crippen molar-refractivity contribution < 1.29 is 19.7 Å². The third-order valence-electron chi connectivity index (χ3n) is 3.89. The summed E-state index contributed by atoms with van der Waals surface area (Å²) in [6.45, 7) is 2.16. The Morgan fingerprint density at radius 3 is 2.52 bits per heavy atom. The van der Waals surface area contributed by atoms with E-state index >= 15 is 0 Å². The molecule has 0 saturated carbocycles. The van der Waals surface area contributed by atoms with Crippen molar-refractivity contribution in [2.24, 2.45) is 0 Å². The maximum Gasteiger partial charge on any atom is 0.232 e. The van der Waals surface area contributed by atoms with Crippen LogP contribution in [0.2, 0.25) is 0 Å². The van der Waals surface area contributed by atoms with Gasteiger partial charge in [-0.2, -0.15) is 0 Å². The molecule has 0 aliphatic carbocycles. The van der Waals surface area contributed by atoms with E-state index in [9.17, 15) is 15.0 Å². The topological polar surface area (TPSA) is 66.8 Å². The van der Waals surface area contributed by atoms with Crippen LogP contribution >= 0.6 is 0 Å². The lowest BCUT2D eigenvalue weighted by Crippen LogP contribution is -1.98. The summed E-state index contributed by atoms with van der Waals surface area (Å²) in [5, 5.41) is 19.3. The van der Waals surface area contributed by atoms with Crippen LogP contribution in [0, 0.1) is 0 Å². The van der Waals surface area contributed by atoms with Crippen molar-refractivity contribution in [2.75, 3.05) is 0 Å². The SMILES string of the molecule is CCCCc1ccc(/C=C2\Oc3c(ccc(O)c3O)C2=O)cc1. The zero-order valence-electron chi connectivity index (χ0n) is 12.9. The fourth-order valence-corrected chi connectivity index (χ4v) is 2.54. The number of fused-ring (bicyclic) bond motifs is 1. The summed E-state index contributed by atoms with van der Waals surface area (Å²) >= 11 is 0. The van der Waals surface area contributed by atoms with Crippen molar-refractivity contribution in [3.05, 3.63) is 58.8 Å². The first-order valence-electron chi connectivity index (χ1n) is 7.68. The number of Topliss-reactive ketones (excluding diaryl/α,β-unsaturated/α-hetero) is 1. The van der Waals surface area contributed by atoms with Crippen molar-refractivity contribution in [1.82, 2.24) is 0 Å². The van der Waals surface area contributed by atoms with E-state index in [1.165, 1.54) is 17.7 Å². The van der Waals surface area contributed by atoms with Gasteiger partial charge in [0.1, 0.15) is 0 Å². The molecule has 2 aromatic carbocycles. The Morgan fingerprint density at radius 2 is 1.83 bits per heavy atom. The predicted molar refractivity (Wildman–Crippen MR) is 87.8 cm³/mol. The zero-order valence-corrected chi connectivity index (χ0v) is 12.9. The van der Waals surface area contributed by atoms with E-state index in [1.54, 1.807) is 6.08 Å². The fourth-order valence-electron chi connectivity index (χ4n) is 2.54. The van der Waals surface area contributed by atoms with Crippen molar-refractivity contribution >= 4 is 11.9 Å². The molecule has 0 fully saturated rings. The monoisotopic (exact) mass is 310 g/mol. The second-order valence-corrected chi connectivity index (χ2v) is 5.59. The van der Waals surface area contributed by atoms with Crippen LogP contribution in [0.5, 0.6) is 17.2 Å². The lowest BCUT2D eigenvalue weighted by molar-refractivity contribution is 0.101. The minimum absolute atomic E-state index is 0.0146. The molecule has 0 atom stereocenters. The number of hydrogen-bond acceptors (Lipinski definition) is 4. The van der Waals surface area contributed by atoms with E-state index in [2.05, 4.69) is 6.92 Å². The first-order valence-corrected chi connectivity index (χ1v) is 7.68. The highest BCUT2D eigenvalue weighted by Crippen LogP contribution is 2.44. The lowest BCUT2D eigenvalue weighted by Gasteiger charge is -2.03. The molecule has 4 nitrogen and oxygen atoms in total. The van der Waals surface area contributed by atoms with Crippen LogP contribution in [0.25, 0.3) is 6.08 Å². The van der Waals surface area contributed by atoms with Gasteiger partial charge in [-0.05, 0) is 42.2 Å². The number of benzene rings is 2. The van der Waals surface area contributed by atoms with Crippen molar-refractivity contribution in [3.63, 3.8) is 0 Å². The van der Waals surface area contributed by atoms with Crippen LogP contribution in [0.1, 0.15) is 41.3 Å². The average Bonchev–Trinajstić information content (AvgIpc) is 2.87. The number of aromatic hydroxyl groups is 2. The van der Waals surface area contributed by atoms with Crippen LogP contribution in [0.15, 0.2) is 42.2 Å². The number of aryl methyl sites for hydroxylation is 1. The quantitative estimate of drug-likeness (QED) is 0.660. The maximum atomic E-state index is 12.3. The molecule has 0 bridgehead atoms. The Balaban J connectivity index is 1.84. The number of ether oxygens (including phenoxy) is 1. The Hall–Kier alpha value is -2.75. The number of carbonyl (C=O) groups is 1. The summed E-state index contributed by atoms with van der Waals surface area (Å²) in [6.07, 6.45) is 4.99. The van der Waals surface area contributed by atoms with Crippen LogP contribution in [0.4, 0.5) is 0 Å². The van der Waals surface area contributed by atoms with Crippen LogP contribution < -0.4 is 4.74 Å². The average molecular weight is 310 g/mol. The summed E-state index contributed by atoms with van der Waals surface area (Å²) in [6, 6.07) is 10.7. The van der Waals surface area contributed by atoms with Crippen molar-refractivity contribution in [3.8, 4) is 17.2 Å². The molecule has 0 radical (unpaired) electrons. The molecule has 23 heavy (non-hydrogen) atoms. The predicted octanol–water partition coefficient (Wildman–Crippen LogP) is 4.06. The summed E-state index contributed by atoms with van der Waals surface area (Å²) in [4.78, 5) is 12.3. The van der Waals surface area contributed by atoms with Gasteiger partial charge >= 0.3 is 0 Å². The van der Waals surface area contributed by atoms with Crippen LogP contribution in [-0.2, 0) is 6.42 Å². The first kappa shape index (κ1) is 15.2. The van der Waals surface area contributed by atoms with Gasteiger partial charge in [-0.3, -0.25) is 4.79 Å². The smallest absolute Gasteiger partial charge is 0.232 e. The Morgan fingerprint density at radius 1 is 1.09 bits per heavy atom. The molecule has 1 heterocycles. The van der Waals surface area contributed by atoms with E-state index in [1.807, 2.05) is 24.3 Å². The van der Waals surface area contributed by atoms with Gasteiger partial charge < -0.3 is 14.9 Å². The second kappa shape index (κ2) is 6.16. The summed E-state index contributed by atoms with van der Waals surface area (Å²) in [5.74, 6) is -0.861. The second-order valence-electron chi connectivity index (χ2n) is 5.59. The third-order valence-corrected chi connectivity index (χ3v) is 3.89. The molecule has 0 saturated heterocycles. The van der Waals surface area contributed by atoms with E-state index in [-0.39, 0.29) is 28.6 Å². The van der Waals surface area contributed by atoms with Crippen LogP contribution in [0.3, 0.4) is 0 Å². The van der Waals surface area contributed by atoms with Gasteiger partial charge in [0.15, 0.2) is 17.3 Å². The summed E-state index contributed by atoms with van der Waals surface area (Å²) in [7, 11) is 0. The highest BCUT2D eigenvalue weighted by atomic mass is 16.5. The molecule has 0 unspecified atom stereocenters. The minimum Gasteiger partial charge on any atom is -0.504 e. The molecule has 118 valence electrons. The van der Waals surface area contributed by atoms with Gasteiger partial charge in [0.25, 0.3) is 0 Å². The Bertz CT molecular complexity index is 773. The molecule has 0 aromatic heterocycles. The molecule has 1 aliphatic heterocycles. The van der Waals surface area contributed by atoms with Gasteiger partial charge in [0.2, 0.25) is 11.5 Å². The number of ketones is 1. The largest absolute Gasteiger partial charge is 0.504 e. The van der Waals surface area contributed by atoms with Crippen molar-refractivity contribution in [1.29, 1.82) is 0 Å². The Kier molecular flexibility index (Phi) is 4.06. The highest BCUT2D eigenvalue weighted by molar-refractivity contribution is 6.15. The maximum absolute atomic E-state index is 12.3. The molecular weight excluding hydrogens is 292 g/mol. The number of carbonyl (C=O) groups excluding carboxylic acids is 1. The number of allylic oxidation sites excluding steroid dienone is 1. The molecule has 0 amide bonds. The molecule has 2 aromatic rings. The molecule has 0 spiro atoms. The van der Waals surface area contributed by atoms with Gasteiger partial charge in [-0.15, -0.1) is 0 Å². The zero-order chi connectivity index (χ0) is 16.4. The normalized spacial score (nSPS) is 14.8. The van der Waals surface area contributed by atoms with Gasteiger partial charge in [0.05, 0.1) is 5.56 Å². The highest BCUT2D eigenvalue weighted by Gasteiger charge is 2.31. The number of rotatable bonds is 4. The standard InChI is InChI=1S/C19H18O4/c1-2-3-4-12-5-7-13(8-6-12)11-16-17(21)14-9-10-15(20)18(22)19(14)23-16/h5-11,20,22H,2-4H2,1H3/b16-11-. The van der Waals surface area contributed by atoms with Gasteiger partial charge in [-0.25, -0.2) is 0 Å². The first-order chi connectivity index (χ1) is 11.1. The minimum atomic E-state index is -0.408. The molecule has 1 aliphatic rings. The summed E-state index contributed by atoms with van der Waals surface area (Å²) < 4.78 is 5.43. The fraction of sp³-hybridized carbons (Fsp3) is 0.211. The van der Waals surface area contributed by atoms with E-state index in [4.69, 9.17) is 4.74 Å². The number of phenolic OH excluding ortho intramolecular Hbond substituents is 2. The van der Waals surface area contributed by atoms with Gasteiger partial charge in [0, 0.05) is 0 Å². The number of hydrogen-bond donors (Lipinski definition) is 2. The van der Waals surface area contributed by atoms with Crippen molar-refractivity contribution in [2.45, 2.75) is 26.2 Å². The number of unbranched alkanes of at least 4 members (excludes halogenated alkanes) is 1. The molecular formula is C19H18O4. The van der Waals surface area contributed by atoms with E-state index < -0.39 is 5.75 Å². The summed E-state index contributed by atoms with van der Waals surface area (Å²) in [5.41, 5.74) is 2.37. The van der Waals surface area contributed by atoms with Gasteiger partial charge in [-0.1, -0.05) is 37.6 Å². The molecule has 3 rings (SSSR count). The number of phenols is 2. The van der Waals surface area contributed by atoms with Crippen LogP contribution in [-0.4, -0.2) is 16.0 Å². The molecule has 2 N–H and O–H groups in total. The van der Waals surface area contributed by atoms with E-state index in [0.717, 1.165) is 24.8 Å². The lowest BCUT2D eigenvalue weighted by atomic mass is 10.0. The molecule has 4 heteroatoms. The Labute approximate surface area is 134 Å². The third kappa shape index (κ3) is 2.93. The van der Waals surface area contributed by atoms with E-state index in [0.29, 0.717) is 0 Å².